The van der Waals surface area contributed by atoms with Crippen LogP contribution in [0.25, 0.3) is 0 Å². The van der Waals surface area contributed by atoms with Crippen molar-refractivity contribution in [2.45, 2.75) is 51.0 Å². The second kappa shape index (κ2) is 6.11. The average molecular weight is 322 g/mol. The molecule has 0 amide bonds. The summed E-state index contributed by atoms with van der Waals surface area (Å²) in [4.78, 5) is 11.1. The van der Waals surface area contributed by atoms with Gasteiger partial charge in [-0.05, 0) is 31.5 Å². The average Bonchev–Trinajstić information content (AvgIpc) is 2.98. The molecule has 2 heterocycles. The smallest absolute Gasteiger partial charge is 0.302 e. The van der Waals surface area contributed by atoms with Crippen LogP contribution >= 0.6 is 0 Å². The molecule has 2 fully saturated rings. The van der Waals surface area contributed by atoms with Crippen LogP contribution in [0.4, 0.5) is 0 Å². The van der Waals surface area contributed by atoms with Crippen molar-refractivity contribution in [2.75, 3.05) is 13.7 Å². The van der Waals surface area contributed by atoms with E-state index in [1.54, 1.807) is 7.11 Å². The monoisotopic (exact) mass is 322 g/mol. The molecule has 2 saturated heterocycles. The molecule has 3 rings (SSSR count). The number of fused-ring (bicyclic) bond motifs is 1. The maximum Gasteiger partial charge on any atom is 0.302 e. The zero-order valence-electron chi connectivity index (χ0n) is 13.8. The first-order chi connectivity index (χ1) is 10.9. The number of ether oxygens (including phenoxy) is 5. The van der Waals surface area contributed by atoms with Gasteiger partial charge < -0.3 is 23.7 Å². The van der Waals surface area contributed by atoms with Crippen molar-refractivity contribution in [3.05, 3.63) is 29.8 Å². The number of rotatable bonds is 4. The first-order valence-corrected chi connectivity index (χ1v) is 7.68. The third-order valence-corrected chi connectivity index (χ3v) is 4.05. The highest BCUT2D eigenvalue weighted by atomic mass is 16.8. The van der Waals surface area contributed by atoms with Crippen LogP contribution in [0, 0.1) is 0 Å². The van der Waals surface area contributed by atoms with E-state index in [2.05, 4.69) is 0 Å². The van der Waals surface area contributed by atoms with E-state index in [1.165, 1.54) is 6.92 Å². The van der Waals surface area contributed by atoms with E-state index in [0.29, 0.717) is 0 Å². The Bertz CT molecular complexity index is 567. The van der Waals surface area contributed by atoms with Gasteiger partial charge in [0, 0.05) is 6.92 Å². The van der Waals surface area contributed by atoms with E-state index in [9.17, 15) is 4.79 Å². The van der Waals surface area contributed by atoms with Gasteiger partial charge in [-0.25, -0.2) is 0 Å². The Balaban J connectivity index is 1.80. The number of hydrogen-bond acceptors (Lipinski definition) is 6. The summed E-state index contributed by atoms with van der Waals surface area (Å²) < 4.78 is 28.3. The maximum atomic E-state index is 11.1. The molecule has 0 spiro atoms. The van der Waals surface area contributed by atoms with Crippen LogP contribution in [0.1, 0.15) is 32.4 Å². The molecule has 4 atom stereocenters. The zero-order valence-corrected chi connectivity index (χ0v) is 13.8. The number of carbonyl (C=O) groups excluding carboxylic acids is 1. The van der Waals surface area contributed by atoms with Crippen LogP contribution < -0.4 is 4.74 Å². The van der Waals surface area contributed by atoms with E-state index < -0.39 is 5.79 Å². The highest BCUT2D eigenvalue weighted by molar-refractivity contribution is 5.65. The van der Waals surface area contributed by atoms with E-state index in [1.807, 2.05) is 38.1 Å². The van der Waals surface area contributed by atoms with Gasteiger partial charge in [0.1, 0.15) is 36.8 Å². The Morgan fingerprint density at radius 3 is 2.43 bits per heavy atom. The SMILES string of the molecule is COc1ccc(C2OC(COC(C)=O)[C@H]3OC(C)(C)O[C@@H]23)cc1. The van der Waals surface area contributed by atoms with Gasteiger partial charge in [-0.3, -0.25) is 4.79 Å². The minimum atomic E-state index is -0.682. The van der Waals surface area contributed by atoms with Crippen molar-refractivity contribution in [3.63, 3.8) is 0 Å². The number of methoxy groups -OCH3 is 1. The molecule has 23 heavy (non-hydrogen) atoms. The second-order valence-corrected chi connectivity index (χ2v) is 6.24. The molecule has 0 N–H and O–H groups in total. The van der Waals surface area contributed by atoms with Crippen molar-refractivity contribution < 1.29 is 28.5 Å². The lowest BCUT2D eigenvalue weighted by Crippen LogP contribution is -2.33. The fourth-order valence-electron chi connectivity index (χ4n) is 3.08. The Morgan fingerprint density at radius 1 is 1.17 bits per heavy atom. The van der Waals surface area contributed by atoms with Crippen LogP contribution in [-0.4, -0.2) is 43.8 Å². The third-order valence-electron chi connectivity index (χ3n) is 4.05. The maximum absolute atomic E-state index is 11.1. The number of esters is 1. The number of benzene rings is 1. The molecule has 0 aromatic heterocycles. The Labute approximate surface area is 135 Å². The van der Waals surface area contributed by atoms with Crippen molar-refractivity contribution in [3.8, 4) is 5.75 Å². The van der Waals surface area contributed by atoms with Crippen LogP contribution in [0.15, 0.2) is 24.3 Å². The molecule has 2 aliphatic heterocycles. The molecule has 0 aliphatic carbocycles. The summed E-state index contributed by atoms with van der Waals surface area (Å²) in [5.41, 5.74) is 0.979. The van der Waals surface area contributed by atoms with Crippen LogP contribution in [0.5, 0.6) is 5.75 Å². The molecule has 6 nitrogen and oxygen atoms in total. The van der Waals surface area contributed by atoms with Gasteiger partial charge in [0.15, 0.2) is 5.79 Å². The Morgan fingerprint density at radius 2 is 1.83 bits per heavy atom. The second-order valence-electron chi connectivity index (χ2n) is 6.24. The molecular formula is C17H22O6. The lowest BCUT2D eigenvalue weighted by Gasteiger charge is -2.24. The normalized spacial score (nSPS) is 31.7. The van der Waals surface area contributed by atoms with Crippen molar-refractivity contribution in [1.29, 1.82) is 0 Å². The van der Waals surface area contributed by atoms with E-state index in [0.717, 1.165) is 11.3 Å². The first-order valence-electron chi connectivity index (χ1n) is 7.68. The summed E-state index contributed by atoms with van der Waals surface area (Å²) in [6, 6.07) is 7.66. The zero-order chi connectivity index (χ0) is 16.6. The summed E-state index contributed by atoms with van der Waals surface area (Å²) in [5, 5.41) is 0. The lowest BCUT2D eigenvalue weighted by atomic mass is 10.0. The highest BCUT2D eigenvalue weighted by Gasteiger charge is 2.55. The lowest BCUT2D eigenvalue weighted by molar-refractivity contribution is -0.193. The van der Waals surface area contributed by atoms with Crippen molar-refractivity contribution in [1.82, 2.24) is 0 Å². The van der Waals surface area contributed by atoms with Gasteiger partial charge in [-0.2, -0.15) is 0 Å². The summed E-state index contributed by atoms with van der Waals surface area (Å²) in [6.45, 7) is 5.28. The van der Waals surface area contributed by atoms with Gasteiger partial charge in [0.2, 0.25) is 0 Å². The van der Waals surface area contributed by atoms with Crippen molar-refractivity contribution in [2.24, 2.45) is 0 Å². The van der Waals surface area contributed by atoms with E-state index in [4.69, 9.17) is 23.7 Å². The molecule has 6 heteroatoms. The topological polar surface area (TPSA) is 63.2 Å². The molecule has 1 aromatic carbocycles. The van der Waals surface area contributed by atoms with Gasteiger partial charge >= 0.3 is 5.97 Å². The molecule has 0 saturated carbocycles. The van der Waals surface area contributed by atoms with Crippen molar-refractivity contribution >= 4 is 5.97 Å². The molecule has 0 bridgehead atoms. The van der Waals surface area contributed by atoms with E-state index >= 15 is 0 Å². The van der Waals surface area contributed by atoms with Crippen LogP contribution in [0.2, 0.25) is 0 Å². The van der Waals surface area contributed by atoms with Gasteiger partial charge in [0.25, 0.3) is 0 Å². The highest BCUT2D eigenvalue weighted by Crippen LogP contribution is 2.45. The van der Waals surface area contributed by atoms with Crippen LogP contribution in [-0.2, 0) is 23.7 Å². The Kier molecular flexibility index (Phi) is 4.31. The molecule has 2 unspecified atom stereocenters. The van der Waals surface area contributed by atoms with Gasteiger partial charge in [0.05, 0.1) is 7.11 Å². The minimum absolute atomic E-state index is 0.155. The summed E-state index contributed by atoms with van der Waals surface area (Å²) >= 11 is 0. The van der Waals surface area contributed by atoms with Gasteiger partial charge in [-0.1, -0.05) is 12.1 Å². The molecule has 2 aliphatic rings. The number of hydrogen-bond donors (Lipinski definition) is 0. The van der Waals surface area contributed by atoms with E-state index in [-0.39, 0.29) is 37.0 Å². The Hall–Kier alpha value is -1.63. The van der Waals surface area contributed by atoms with Gasteiger partial charge in [-0.15, -0.1) is 0 Å². The molecule has 1 aromatic rings. The predicted molar refractivity (Wildman–Crippen MR) is 81.1 cm³/mol. The summed E-state index contributed by atoms with van der Waals surface area (Å²) in [6.07, 6.45) is -1.12. The quantitative estimate of drug-likeness (QED) is 0.792. The van der Waals surface area contributed by atoms with Crippen LogP contribution in [0.3, 0.4) is 0 Å². The fourth-order valence-corrected chi connectivity index (χ4v) is 3.08. The fraction of sp³-hybridized carbons (Fsp3) is 0.588. The summed E-state index contributed by atoms with van der Waals surface area (Å²) in [5.74, 6) is -0.238. The predicted octanol–water partition coefficient (Wildman–Crippen LogP) is 2.22. The summed E-state index contributed by atoms with van der Waals surface area (Å²) in [7, 11) is 1.63. The first kappa shape index (κ1) is 16.2. The minimum Gasteiger partial charge on any atom is -0.497 e. The molecular weight excluding hydrogens is 300 g/mol. The molecule has 0 radical (unpaired) electrons. The standard InChI is InChI=1S/C17H22O6/c1-10(18)20-9-13-15-16(23-17(2,3)22-15)14(21-13)11-5-7-12(19-4)8-6-11/h5-8,13-16H,9H2,1-4H3/t13?,14?,15-,16+/m1/s1. The number of carbonyl (C=O) groups is 1. The molecule has 126 valence electrons. The third kappa shape index (κ3) is 3.34. The largest absolute Gasteiger partial charge is 0.497 e.